The number of carbonyl (C=O) groups excluding carboxylic acids is 2. The van der Waals surface area contributed by atoms with Crippen molar-refractivity contribution in [2.24, 2.45) is 0 Å². The Hall–Kier alpha value is -3.00. The largest absolute Gasteiger partial charge is 0.465 e. The highest BCUT2D eigenvalue weighted by atomic mass is 32.2. The molecule has 0 spiro atoms. The second-order valence-corrected chi connectivity index (χ2v) is 5.90. The maximum atomic E-state index is 12.6. The van der Waals surface area contributed by atoms with E-state index in [0.29, 0.717) is 5.16 Å². The molecule has 1 aromatic carbocycles. The highest BCUT2D eigenvalue weighted by molar-refractivity contribution is 7.98. The normalized spacial score (nSPS) is 10.5. The van der Waals surface area contributed by atoms with Crippen LogP contribution in [0.1, 0.15) is 26.6 Å². The summed E-state index contributed by atoms with van der Waals surface area (Å²) in [6.07, 6.45) is 4.68. The van der Waals surface area contributed by atoms with E-state index >= 15 is 0 Å². The molecule has 0 fully saturated rings. The van der Waals surface area contributed by atoms with Crippen LogP contribution in [-0.4, -0.2) is 34.9 Å². The molecule has 0 radical (unpaired) electrons. The van der Waals surface area contributed by atoms with Crippen LogP contribution in [-0.2, 0) is 16.1 Å². The summed E-state index contributed by atoms with van der Waals surface area (Å²) in [5, 5.41) is 0.663. The van der Waals surface area contributed by atoms with Gasteiger partial charge in [0, 0.05) is 5.69 Å². The molecule has 0 saturated carbocycles. The lowest BCUT2D eigenvalue weighted by Crippen LogP contribution is -2.12. The van der Waals surface area contributed by atoms with Gasteiger partial charge in [0.15, 0.2) is 23.2 Å². The average molecular weight is 372 g/mol. The summed E-state index contributed by atoms with van der Waals surface area (Å²) in [4.78, 5) is 28.5. The smallest absolute Gasteiger partial charge is 0.357 e. The lowest BCUT2D eigenvalue weighted by atomic mass is 10.2. The van der Waals surface area contributed by atoms with E-state index in [1.165, 1.54) is 37.4 Å². The zero-order valence-corrected chi connectivity index (χ0v) is 15.0. The summed E-state index contributed by atoms with van der Waals surface area (Å²) in [6, 6.07) is 10.9. The van der Waals surface area contributed by atoms with Crippen molar-refractivity contribution in [3.05, 3.63) is 65.9 Å². The van der Waals surface area contributed by atoms with Crippen LogP contribution in [0.15, 0.2) is 58.4 Å². The Morgan fingerprint density at radius 1 is 1.19 bits per heavy atom. The summed E-state index contributed by atoms with van der Waals surface area (Å²) in [5.41, 5.74) is 1.31. The molecule has 0 bridgehead atoms. The molecule has 0 N–H and O–H groups in total. The molecule has 0 unspecified atom stereocenters. The first kappa shape index (κ1) is 17.8. The topological polar surface area (TPSA) is 83.6 Å². The Bertz CT molecular complexity index is 917. The molecular weight excluding hydrogens is 356 g/mol. The first-order chi connectivity index (χ1) is 12.7. The fraction of sp³-hybridized carbons (Fsp3) is 0.167. The van der Waals surface area contributed by atoms with Crippen molar-refractivity contribution in [2.75, 3.05) is 13.4 Å². The molecule has 0 aliphatic heterocycles. The Balaban J connectivity index is 1.82. The van der Waals surface area contributed by atoms with Crippen LogP contribution in [0.3, 0.4) is 0 Å². The zero-order valence-electron chi connectivity index (χ0n) is 14.2. The predicted molar refractivity (Wildman–Crippen MR) is 94.5 cm³/mol. The third-order valence-corrected chi connectivity index (χ3v) is 4.27. The summed E-state index contributed by atoms with van der Waals surface area (Å²) in [7, 11) is 1.27. The van der Waals surface area contributed by atoms with Crippen molar-refractivity contribution in [2.45, 2.75) is 11.8 Å². The van der Waals surface area contributed by atoms with E-state index in [2.05, 4.69) is 9.72 Å². The fourth-order valence-electron chi connectivity index (χ4n) is 2.40. The number of para-hydroxylation sites is 1. The van der Waals surface area contributed by atoms with Gasteiger partial charge in [0.2, 0.25) is 0 Å². The number of imidazole rings is 1. The van der Waals surface area contributed by atoms with E-state index < -0.39 is 11.9 Å². The molecule has 8 heteroatoms. The Kier molecular flexibility index (Phi) is 5.43. The number of furan rings is 1. The highest BCUT2D eigenvalue weighted by Crippen LogP contribution is 2.22. The van der Waals surface area contributed by atoms with Gasteiger partial charge in [-0.25, -0.2) is 14.6 Å². The third kappa shape index (κ3) is 3.50. The van der Waals surface area contributed by atoms with Crippen molar-refractivity contribution >= 4 is 23.7 Å². The SMILES string of the molecule is COC(=O)c1ccoc1COC(=O)c1cnc(SC)n1-c1ccccc1. The Morgan fingerprint density at radius 2 is 1.96 bits per heavy atom. The van der Waals surface area contributed by atoms with Gasteiger partial charge < -0.3 is 13.9 Å². The molecular formula is C18H16N2O5S. The van der Waals surface area contributed by atoms with Crippen LogP contribution in [0, 0.1) is 0 Å². The van der Waals surface area contributed by atoms with Gasteiger partial charge in [0.25, 0.3) is 0 Å². The lowest BCUT2D eigenvalue weighted by molar-refractivity contribution is 0.0423. The molecule has 3 rings (SSSR count). The zero-order chi connectivity index (χ0) is 18.5. The molecule has 0 saturated heterocycles. The molecule has 134 valence electrons. The molecule has 7 nitrogen and oxygen atoms in total. The van der Waals surface area contributed by atoms with Gasteiger partial charge >= 0.3 is 11.9 Å². The van der Waals surface area contributed by atoms with Crippen LogP contribution < -0.4 is 0 Å². The van der Waals surface area contributed by atoms with E-state index in [-0.39, 0.29) is 23.6 Å². The van der Waals surface area contributed by atoms with Crippen LogP contribution in [0.4, 0.5) is 0 Å². The summed E-state index contributed by atoms with van der Waals surface area (Å²) in [5.74, 6) is -0.904. The van der Waals surface area contributed by atoms with E-state index in [4.69, 9.17) is 9.15 Å². The molecule has 0 aliphatic rings. The standard InChI is InChI=1S/C18H16N2O5S/c1-23-16(21)13-8-9-24-15(13)11-25-17(22)14-10-19-18(26-2)20(14)12-6-4-3-5-7-12/h3-10H,11H2,1-2H3. The van der Waals surface area contributed by atoms with Gasteiger partial charge in [0.05, 0.1) is 19.6 Å². The van der Waals surface area contributed by atoms with Crippen molar-refractivity contribution in [3.63, 3.8) is 0 Å². The Labute approximate surface area is 153 Å². The van der Waals surface area contributed by atoms with Crippen molar-refractivity contribution in [1.82, 2.24) is 9.55 Å². The van der Waals surface area contributed by atoms with Gasteiger partial charge in [-0.1, -0.05) is 30.0 Å². The quantitative estimate of drug-likeness (QED) is 0.485. The minimum Gasteiger partial charge on any atom is -0.465 e. The molecule has 0 aliphatic carbocycles. The van der Waals surface area contributed by atoms with E-state index in [1.54, 1.807) is 4.57 Å². The number of methoxy groups -OCH3 is 1. The van der Waals surface area contributed by atoms with Crippen LogP contribution in [0.2, 0.25) is 0 Å². The van der Waals surface area contributed by atoms with Gasteiger partial charge in [0.1, 0.15) is 5.56 Å². The summed E-state index contributed by atoms with van der Waals surface area (Å²) in [6.45, 7) is -0.190. The number of benzene rings is 1. The predicted octanol–water partition coefficient (Wildman–Crippen LogP) is 3.33. The maximum absolute atomic E-state index is 12.6. The van der Waals surface area contributed by atoms with Crippen molar-refractivity contribution < 1.29 is 23.5 Å². The Morgan fingerprint density at radius 3 is 2.65 bits per heavy atom. The number of thioether (sulfide) groups is 1. The minimum absolute atomic E-state index is 0.190. The van der Waals surface area contributed by atoms with Gasteiger partial charge in [-0.3, -0.25) is 4.57 Å². The van der Waals surface area contributed by atoms with Crippen LogP contribution in [0.25, 0.3) is 5.69 Å². The highest BCUT2D eigenvalue weighted by Gasteiger charge is 2.21. The number of rotatable bonds is 6. The van der Waals surface area contributed by atoms with Crippen molar-refractivity contribution in [3.8, 4) is 5.69 Å². The maximum Gasteiger partial charge on any atom is 0.357 e. The minimum atomic E-state index is -0.575. The number of aromatic nitrogens is 2. The fourth-order valence-corrected chi connectivity index (χ4v) is 2.94. The second-order valence-electron chi connectivity index (χ2n) is 5.13. The number of ether oxygens (including phenoxy) is 2. The third-order valence-electron chi connectivity index (χ3n) is 3.62. The van der Waals surface area contributed by atoms with Crippen LogP contribution >= 0.6 is 11.8 Å². The second kappa shape index (κ2) is 7.92. The van der Waals surface area contributed by atoms with E-state index in [9.17, 15) is 9.59 Å². The first-order valence-electron chi connectivity index (χ1n) is 7.64. The van der Waals surface area contributed by atoms with E-state index in [1.807, 2.05) is 36.6 Å². The van der Waals surface area contributed by atoms with E-state index in [0.717, 1.165) is 5.69 Å². The summed E-state index contributed by atoms with van der Waals surface area (Å²) >= 11 is 1.42. The summed E-state index contributed by atoms with van der Waals surface area (Å²) < 4.78 is 16.9. The molecule has 2 aromatic heterocycles. The number of hydrogen-bond acceptors (Lipinski definition) is 7. The molecule has 2 heterocycles. The van der Waals surface area contributed by atoms with Gasteiger partial charge in [-0.15, -0.1) is 0 Å². The number of hydrogen-bond donors (Lipinski definition) is 0. The average Bonchev–Trinajstić information content (AvgIpc) is 3.32. The monoisotopic (exact) mass is 372 g/mol. The molecule has 0 amide bonds. The first-order valence-corrected chi connectivity index (χ1v) is 8.87. The molecule has 26 heavy (non-hydrogen) atoms. The van der Waals surface area contributed by atoms with Crippen LogP contribution in [0.5, 0.6) is 0 Å². The van der Waals surface area contributed by atoms with Gasteiger partial charge in [-0.05, 0) is 24.5 Å². The number of nitrogens with zero attached hydrogens (tertiary/aromatic N) is 2. The van der Waals surface area contributed by atoms with Crippen molar-refractivity contribution in [1.29, 1.82) is 0 Å². The lowest BCUT2D eigenvalue weighted by Gasteiger charge is -2.10. The number of esters is 2. The molecule has 3 aromatic rings. The van der Waals surface area contributed by atoms with Gasteiger partial charge in [-0.2, -0.15) is 0 Å². The number of carbonyl (C=O) groups is 2. The molecule has 0 atom stereocenters.